The van der Waals surface area contributed by atoms with Crippen LogP contribution in [-0.2, 0) is 33.6 Å². The van der Waals surface area contributed by atoms with Gasteiger partial charge in [0.2, 0.25) is 0 Å². The number of anilines is 2. The van der Waals surface area contributed by atoms with Crippen molar-refractivity contribution in [3.63, 3.8) is 0 Å². The van der Waals surface area contributed by atoms with Crippen molar-refractivity contribution in [1.29, 1.82) is 0 Å². The zero-order valence-corrected chi connectivity index (χ0v) is 33.9. The number of benzene rings is 5. The van der Waals surface area contributed by atoms with Gasteiger partial charge in [0.1, 0.15) is 5.69 Å². The third kappa shape index (κ3) is 8.18. The number of rotatable bonds is 13. The van der Waals surface area contributed by atoms with Gasteiger partial charge in [-0.25, -0.2) is 4.98 Å². The highest BCUT2D eigenvalue weighted by molar-refractivity contribution is 6.13. The van der Waals surface area contributed by atoms with Gasteiger partial charge in [0.15, 0.2) is 11.5 Å². The molecule has 13 nitrogen and oxygen atoms in total. The van der Waals surface area contributed by atoms with E-state index in [4.69, 9.17) is 9.47 Å². The fraction of sp³-hybridized carbons (Fsp3) is 0.217. The number of amides is 2. The van der Waals surface area contributed by atoms with Crippen LogP contribution < -0.4 is 20.1 Å². The molecule has 3 aromatic heterocycles. The van der Waals surface area contributed by atoms with Crippen LogP contribution in [0.4, 0.5) is 11.4 Å². The minimum Gasteiger partial charge on any atom is -0.493 e. The molecule has 8 rings (SSSR count). The van der Waals surface area contributed by atoms with Crippen molar-refractivity contribution >= 4 is 56.0 Å². The monoisotopic (exact) mass is 787 g/mol. The van der Waals surface area contributed by atoms with Crippen molar-refractivity contribution in [3.8, 4) is 11.5 Å². The maximum absolute atomic E-state index is 13.8. The van der Waals surface area contributed by atoms with Crippen LogP contribution in [0.15, 0.2) is 103 Å². The normalized spacial score (nSPS) is 11.4. The van der Waals surface area contributed by atoms with E-state index in [9.17, 15) is 9.59 Å². The van der Waals surface area contributed by atoms with E-state index in [1.165, 1.54) is 31.5 Å². The van der Waals surface area contributed by atoms with Crippen molar-refractivity contribution in [2.24, 2.45) is 14.1 Å². The summed E-state index contributed by atoms with van der Waals surface area (Å²) in [5.74, 6) is -0.273. The van der Waals surface area contributed by atoms with Crippen LogP contribution in [0.3, 0.4) is 0 Å². The molecular formula is C46H45N9O4. The van der Waals surface area contributed by atoms with Crippen molar-refractivity contribution in [1.82, 2.24) is 34.4 Å². The number of methoxy groups -OCH3 is 2. The number of ether oxygens (including phenoxy) is 2. The Kier molecular flexibility index (Phi) is 10.8. The Balaban J connectivity index is 0.988. The summed E-state index contributed by atoms with van der Waals surface area (Å²) in [5.41, 5.74) is 10.2. The van der Waals surface area contributed by atoms with Gasteiger partial charge in [0.25, 0.3) is 11.8 Å². The lowest BCUT2D eigenvalue weighted by Gasteiger charge is -2.23. The number of nitrogens with one attached hydrogen (secondary N) is 2. The lowest BCUT2D eigenvalue weighted by atomic mass is 10.1. The zero-order valence-electron chi connectivity index (χ0n) is 33.9. The van der Waals surface area contributed by atoms with Gasteiger partial charge >= 0.3 is 0 Å². The number of hydrogen-bond acceptors (Lipinski definition) is 9. The molecule has 0 bridgehead atoms. The Hall–Kier alpha value is -7.12. The molecule has 0 saturated heterocycles. The second kappa shape index (κ2) is 16.4. The maximum Gasteiger partial charge on any atom is 0.275 e. The Morgan fingerprint density at radius 3 is 1.86 bits per heavy atom. The van der Waals surface area contributed by atoms with Crippen molar-refractivity contribution in [3.05, 3.63) is 143 Å². The first kappa shape index (κ1) is 38.7. The summed E-state index contributed by atoms with van der Waals surface area (Å²) in [5, 5.41) is 17.4. The highest BCUT2D eigenvalue weighted by Gasteiger charge is 2.21. The third-order valence-electron chi connectivity index (χ3n) is 10.6. The first-order chi connectivity index (χ1) is 28.6. The number of aryl methyl sites for hydroxylation is 4. The van der Waals surface area contributed by atoms with Gasteiger partial charge in [-0.1, -0.05) is 36.4 Å². The predicted molar refractivity (Wildman–Crippen MR) is 230 cm³/mol. The summed E-state index contributed by atoms with van der Waals surface area (Å²) in [6.07, 6.45) is 2.20. The SMILES string of the molecule is COc1cc(NC(=O)c2cnc3ccccc3n2)c(C(=O)Nc2ccc(CCN(Cc3ccc4c(c3)c(C)nn4C)Cc3ccc4c(c3)c(C)nn4C)cc2)cc1OC. The molecule has 0 saturated carbocycles. The van der Waals surface area contributed by atoms with Crippen LogP contribution >= 0.6 is 0 Å². The van der Waals surface area contributed by atoms with Gasteiger partial charge in [0, 0.05) is 56.3 Å². The molecule has 0 atom stereocenters. The molecule has 13 heteroatoms. The minimum absolute atomic E-state index is 0.105. The number of para-hydroxylation sites is 2. The summed E-state index contributed by atoms with van der Waals surface area (Å²) < 4.78 is 14.9. The second-order valence-electron chi connectivity index (χ2n) is 14.7. The molecule has 0 spiro atoms. The Labute approximate surface area is 341 Å². The topological polar surface area (TPSA) is 141 Å². The molecule has 3 heterocycles. The van der Waals surface area contributed by atoms with Crippen molar-refractivity contribution in [2.75, 3.05) is 31.4 Å². The summed E-state index contributed by atoms with van der Waals surface area (Å²) in [6.45, 7) is 6.43. The lowest BCUT2D eigenvalue weighted by molar-refractivity contribution is 0.102. The molecule has 5 aromatic carbocycles. The molecule has 0 radical (unpaired) electrons. The fourth-order valence-electron chi connectivity index (χ4n) is 7.57. The number of aromatic nitrogens is 6. The molecule has 298 valence electrons. The minimum atomic E-state index is -0.525. The molecule has 0 aliphatic rings. The Bertz CT molecular complexity index is 2780. The molecule has 0 aliphatic carbocycles. The van der Waals surface area contributed by atoms with Gasteiger partial charge in [-0.3, -0.25) is 28.8 Å². The third-order valence-corrected chi connectivity index (χ3v) is 10.6. The van der Waals surface area contributed by atoms with Crippen LogP contribution in [0, 0.1) is 13.8 Å². The first-order valence-corrected chi connectivity index (χ1v) is 19.3. The molecule has 59 heavy (non-hydrogen) atoms. The van der Waals surface area contributed by atoms with E-state index in [2.05, 4.69) is 85.9 Å². The van der Waals surface area contributed by atoms with E-state index in [-0.39, 0.29) is 16.9 Å². The van der Waals surface area contributed by atoms with Gasteiger partial charge in [-0.2, -0.15) is 10.2 Å². The van der Waals surface area contributed by atoms with Crippen LogP contribution in [0.5, 0.6) is 11.5 Å². The highest BCUT2D eigenvalue weighted by atomic mass is 16.5. The Morgan fingerprint density at radius 1 is 0.678 bits per heavy atom. The molecular weight excluding hydrogens is 743 g/mol. The molecule has 0 unspecified atom stereocenters. The van der Waals surface area contributed by atoms with Crippen LogP contribution in [0.2, 0.25) is 0 Å². The van der Waals surface area contributed by atoms with Gasteiger partial charge in [0.05, 0.1) is 65.1 Å². The molecule has 0 aliphatic heterocycles. The largest absolute Gasteiger partial charge is 0.493 e. The van der Waals surface area contributed by atoms with Crippen molar-refractivity contribution < 1.29 is 19.1 Å². The van der Waals surface area contributed by atoms with E-state index < -0.39 is 11.8 Å². The number of hydrogen-bond donors (Lipinski definition) is 2. The summed E-state index contributed by atoms with van der Waals surface area (Å²) in [7, 11) is 6.93. The molecule has 8 aromatic rings. The van der Waals surface area contributed by atoms with E-state index >= 15 is 0 Å². The summed E-state index contributed by atoms with van der Waals surface area (Å²) >= 11 is 0. The first-order valence-electron chi connectivity index (χ1n) is 19.3. The smallest absolute Gasteiger partial charge is 0.275 e. The number of carbonyl (C=O) groups excluding carboxylic acids is 2. The molecule has 0 fully saturated rings. The number of carbonyl (C=O) groups is 2. The molecule has 2 N–H and O–H groups in total. The average molecular weight is 788 g/mol. The molecule has 2 amide bonds. The van der Waals surface area contributed by atoms with Gasteiger partial charge in [-0.15, -0.1) is 0 Å². The quantitative estimate of drug-likeness (QED) is 0.120. The van der Waals surface area contributed by atoms with Gasteiger partial charge in [-0.05, 0) is 91.6 Å². The number of fused-ring (bicyclic) bond motifs is 3. The predicted octanol–water partition coefficient (Wildman–Crippen LogP) is 7.79. The van der Waals surface area contributed by atoms with Crippen LogP contribution in [0.1, 0.15) is 48.9 Å². The standard InChI is InChI=1S/C46H45N9O4/c1-28-34-21-31(13-17-41(34)53(3)51-28)26-55(27-32-14-18-42-35(22-32)29(2)52-54(42)4)20-19-30-11-15-33(16-12-30)48-45(56)36-23-43(58-5)44(59-6)24-39(36)50-46(57)40-25-47-37-9-7-8-10-38(37)49-40/h7-18,21-25H,19-20,26-27H2,1-6H3,(H,48,56)(H,50,57). The van der Waals surface area contributed by atoms with E-state index in [0.717, 1.165) is 64.8 Å². The number of nitrogens with zero attached hydrogens (tertiary/aromatic N) is 7. The zero-order chi connectivity index (χ0) is 41.2. The average Bonchev–Trinajstić information content (AvgIpc) is 3.70. The summed E-state index contributed by atoms with van der Waals surface area (Å²) in [4.78, 5) is 38.5. The maximum atomic E-state index is 13.8. The Morgan fingerprint density at radius 2 is 1.25 bits per heavy atom. The van der Waals surface area contributed by atoms with Crippen molar-refractivity contribution in [2.45, 2.75) is 33.4 Å². The lowest BCUT2D eigenvalue weighted by Crippen LogP contribution is -2.25. The van der Waals surface area contributed by atoms with Crippen LogP contribution in [0.25, 0.3) is 32.8 Å². The second-order valence-corrected chi connectivity index (χ2v) is 14.7. The van der Waals surface area contributed by atoms with E-state index in [1.54, 1.807) is 18.2 Å². The van der Waals surface area contributed by atoms with Crippen LogP contribution in [-0.4, -0.2) is 67.0 Å². The fourth-order valence-corrected chi connectivity index (χ4v) is 7.57. The van der Waals surface area contributed by atoms with E-state index in [0.29, 0.717) is 28.2 Å². The van der Waals surface area contributed by atoms with E-state index in [1.807, 2.05) is 65.9 Å². The van der Waals surface area contributed by atoms with Gasteiger partial charge < -0.3 is 20.1 Å². The highest BCUT2D eigenvalue weighted by Crippen LogP contribution is 2.34. The summed E-state index contributed by atoms with van der Waals surface area (Å²) in [6, 6.07) is 31.4.